The highest BCUT2D eigenvalue weighted by Crippen LogP contribution is 2.29. The van der Waals surface area contributed by atoms with Crippen LogP contribution in [0, 0.1) is 5.41 Å². The van der Waals surface area contributed by atoms with E-state index in [2.05, 4.69) is 17.6 Å². The molecule has 4 heteroatoms. The van der Waals surface area contributed by atoms with E-state index in [9.17, 15) is 4.79 Å². The predicted octanol–water partition coefficient (Wildman–Crippen LogP) is 0.529. The van der Waals surface area contributed by atoms with E-state index in [1.807, 2.05) is 6.92 Å². The maximum Gasteiger partial charge on any atom is 0.227 e. The van der Waals surface area contributed by atoms with E-state index in [4.69, 9.17) is 4.74 Å². The number of rotatable bonds is 6. The molecule has 0 aliphatic carbocycles. The topological polar surface area (TPSA) is 50.4 Å². The van der Waals surface area contributed by atoms with Crippen molar-refractivity contribution in [2.75, 3.05) is 32.8 Å². The van der Waals surface area contributed by atoms with Gasteiger partial charge in [-0.05, 0) is 26.3 Å². The van der Waals surface area contributed by atoms with Crippen molar-refractivity contribution in [2.24, 2.45) is 5.41 Å². The summed E-state index contributed by atoms with van der Waals surface area (Å²) in [4.78, 5) is 12.0. The number of nitrogens with one attached hydrogen (secondary N) is 2. The van der Waals surface area contributed by atoms with Crippen molar-refractivity contribution in [3.8, 4) is 0 Å². The molecule has 0 bridgehead atoms. The molecule has 0 aromatic rings. The monoisotopic (exact) mass is 214 g/mol. The predicted molar refractivity (Wildman–Crippen MR) is 59.7 cm³/mol. The Hall–Kier alpha value is -0.610. The summed E-state index contributed by atoms with van der Waals surface area (Å²) < 4.78 is 5.18. The first-order chi connectivity index (χ1) is 7.25. The first-order valence-electron chi connectivity index (χ1n) is 5.82. The first-order valence-corrected chi connectivity index (χ1v) is 5.82. The molecule has 1 fully saturated rings. The molecule has 4 nitrogen and oxygen atoms in total. The van der Waals surface area contributed by atoms with Gasteiger partial charge in [0.05, 0.1) is 12.0 Å². The molecule has 0 spiro atoms. The van der Waals surface area contributed by atoms with E-state index < -0.39 is 0 Å². The van der Waals surface area contributed by atoms with Crippen molar-refractivity contribution in [1.82, 2.24) is 10.6 Å². The third-order valence-electron chi connectivity index (χ3n) is 3.14. The molecule has 0 saturated carbocycles. The summed E-state index contributed by atoms with van der Waals surface area (Å²) in [6, 6.07) is 0. The largest absolute Gasteiger partial charge is 0.380 e. The van der Waals surface area contributed by atoms with E-state index in [0.717, 1.165) is 25.9 Å². The van der Waals surface area contributed by atoms with E-state index in [1.54, 1.807) is 0 Å². The zero-order valence-corrected chi connectivity index (χ0v) is 9.77. The van der Waals surface area contributed by atoms with Crippen molar-refractivity contribution < 1.29 is 9.53 Å². The van der Waals surface area contributed by atoms with Gasteiger partial charge in [-0.2, -0.15) is 0 Å². The molecule has 1 atom stereocenters. The first kappa shape index (κ1) is 12.5. The number of carbonyl (C=O) groups is 1. The maximum atomic E-state index is 12.0. The van der Waals surface area contributed by atoms with Gasteiger partial charge in [-0.15, -0.1) is 0 Å². The summed E-state index contributed by atoms with van der Waals surface area (Å²) >= 11 is 0. The Morgan fingerprint density at radius 1 is 1.53 bits per heavy atom. The second kappa shape index (κ2) is 6.08. The molecular formula is C11H22N2O2. The quantitative estimate of drug-likeness (QED) is 0.634. The Morgan fingerprint density at radius 2 is 2.33 bits per heavy atom. The number of carbonyl (C=O) groups excluding carboxylic acids is 1. The van der Waals surface area contributed by atoms with Crippen molar-refractivity contribution in [3.05, 3.63) is 0 Å². The smallest absolute Gasteiger partial charge is 0.227 e. The third kappa shape index (κ3) is 3.18. The Labute approximate surface area is 91.8 Å². The molecule has 1 unspecified atom stereocenters. The molecule has 1 aliphatic heterocycles. The number of hydrogen-bond donors (Lipinski definition) is 2. The summed E-state index contributed by atoms with van der Waals surface area (Å²) in [6.07, 6.45) is 1.85. The van der Waals surface area contributed by atoms with Gasteiger partial charge >= 0.3 is 0 Å². The standard InChI is InChI=1S/C11H22N2O2/c1-3-11(5-6-12-9-11)10(14)13-7-8-15-4-2/h12H,3-9H2,1-2H3,(H,13,14). The van der Waals surface area contributed by atoms with Crippen LogP contribution in [0.1, 0.15) is 26.7 Å². The molecule has 1 saturated heterocycles. The van der Waals surface area contributed by atoms with Crippen LogP contribution in [0.4, 0.5) is 0 Å². The molecule has 1 heterocycles. The van der Waals surface area contributed by atoms with Gasteiger partial charge in [-0.1, -0.05) is 6.92 Å². The number of hydrogen-bond acceptors (Lipinski definition) is 3. The van der Waals surface area contributed by atoms with Crippen molar-refractivity contribution >= 4 is 5.91 Å². The van der Waals surface area contributed by atoms with Gasteiger partial charge in [0.25, 0.3) is 0 Å². The Kier molecular flexibility index (Phi) is 5.05. The van der Waals surface area contributed by atoms with Crippen LogP contribution in [-0.2, 0) is 9.53 Å². The lowest BCUT2D eigenvalue weighted by Crippen LogP contribution is -2.43. The molecular weight excluding hydrogens is 192 g/mol. The summed E-state index contributed by atoms with van der Waals surface area (Å²) in [7, 11) is 0. The van der Waals surface area contributed by atoms with Crippen molar-refractivity contribution in [1.29, 1.82) is 0 Å². The van der Waals surface area contributed by atoms with Gasteiger partial charge < -0.3 is 15.4 Å². The second-order valence-corrected chi connectivity index (χ2v) is 4.01. The van der Waals surface area contributed by atoms with Crippen LogP contribution in [0.3, 0.4) is 0 Å². The van der Waals surface area contributed by atoms with Crippen LogP contribution in [-0.4, -0.2) is 38.8 Å². The Balaban J connectivity index is 2.31. The fourth-order valence-corrected chi connectivity index (χ4v) is 1.97. The molecule has 1 amide bonds. The average molecular weight is 214 g/mol. The highest BCUT2D eigenvalue weighted by Gasteiger charge is 2.38. The second-order valence-electron chi connectivity index (χ2n) is 4.01. The molecule has 1 rings (SSSR count). The highest BCUT2D eigenvalue weighted by atomic mass is 16.5. The van der Waals surface area contributed by atoms with Crippen LogP contribution in [0.5, 0.6) is 0 Å². The fraction of sp³-hybridized carbons (Fsp3) is 0.909. The van der Waals surface area contributed by atoms with Crippen LogP contribution in [0.2, 0.25) is 0 Å². The van der Waals surface area contributed by atoms with E-state index in [-0.39, 0.29) is 11.3 Å². The zero-order valence-electron chi connectivity index (χ0n) is 9.77. The van der Waals surface area contributed by atoms with Crippen LogP contribution in [0.25, 0.3) is 0 Å². The van der Waals surface area contributed by atoms with E-state index in [1.165, 1.54) is 0 Å². The number of amides is 1. The van der Waals surface area contributed by atoms with Crippen molar-refractivity contribution in [2.45, 2.75) is 26.7 Å². The number of ether oxygens (including phenoxy) is 1. The fourth-order valence-electron chi connectivity index (χ4n) is 1.97. The molecule has 0 aromatic heterocycles. The molecule has 1 aliphatic rings. The van der Waals surface area contributed by atoms with Crippen LogP contribution < -0.4 is 10.6 Å². The summed E-state index contributed by atoms with van der Waals surface area (Å²) in [6.45, 7) is 7.72. The van der Waals surface area contributed by atoms with Gasteiger partial charge in [-0.25, -0.2) is 0 Å². The van der Waals surface area contributed by atoms with E-state index in [0.29, 0.717) is 19.8 Å². The van der Waals surface area contributed by atoms with Crippen LogP contribution in [0.15, 0.2) is 0 Å². The lowest BCUT2D eigenvalue weighted by atomic mass is 9.83. The molecule has 0 radical (unpaired) electrons. The summed E-state index contributed by atoms with van der Waals surface area (Å²) in [5, 5.41) is 6.20. The van der Waals surface area contributed by atoms with Gasteiger partial charge in [0, 0.05) is 19.7 Å². The normalized spacial score (nSPS) is 25.5. The van der Waals surface area contributed by atoms with Gasteiger partial charge in [0.1, 0.15) is 0 Å². The van der Waals surface area contributed by atoms with E-state index >= 15 is 0 Å². The molecule has 0 aromatic carbocycles. The summed E-state index contributed by atoms with van der Waals surface area (Å²) in [5.74, 6) is 0.176. The molecule has 88 valence electrons. The van der Waals surface area contributed by atoms with Gasteiger partial charge in [0.2, 0.25) is 5.91 Å². The summed E-state index contributed by atoms with van der Waals surface area (Å²) in [5.41, 5.74) is -0.174. The molecule has 15 heavy (non-hydrogen) atoms. The lowest BCUT2D eigenvalue weighted by Gasteiger charge is -2.25. The highest BCUT2D eigenvalue weighted by molar-refractivity contribution is 5.83. The minimum absolute atomic E-state index is 0.174. The van der Waals surface area contributed by atoms with Gasteiger partial charge in [0.15, 0.2) is 0 Å². The third-order valence-corrected chi connectivity index (χ3v) is 3.14. The Morgan fingerprint density at radius 3 is 2.87 bits per heavy atom. The maximum absolute atomic E-state index is 12.0. The minimum Gasteiger partial charge on any atom is -0.380 e. The zero-order chi connectivity index (χ0) is 11.1. The van der Waals surface area contributed by atoms with Gasteiger partial charge in [-0.3, -0.25) is 4.79 Å². The van der Waals surface area contributed by atoms with Crippen LogP contribution >= 0.6 is 0 Å². The van der Waals surface area contributed by atoms with Crippen molar-refractivity contribution in [3.63, 3.8) is 0 Å². The molecule has 2 N–H and O–H groups in total. The average Bonchev–Trinajstić information content (AvgIpc) is 2.74. The Bertz CT molecular complexity index is 201. The lowest BCUT2D eigenvalue weighted by molar-refractivity contribution is -0.130. The minimum atomic E-state index is -0.174. The SMILES string of the molecule is CCOCCNC(=O)C1(CC)CCNC1.